The van der Waals surface area contributed by atoms with Crippen molar-refractivity contribution in [1.29, 1.82) is 0 Å². The lowest BCUT2D eigenvalue weighted by atomic mass is 10.1. The fourth-order valence-electron chi connectivity index (χ4n) is 2.37. The first kappa shape index (κ1) is 15.3. The Bertz CT molecular complexity index is 828. The molecule has 116 valence electrons. The standard InChI is InChI=1S/C18H15ClN2O2/c1-23-18(22)16-11-17(13-7-3-2-4-8-13)21(20-16)12-14-9-5-6-10-15(14)19/h2-11H,12H2,1H3. The van der Waals surface area contributed by atoms with Crippen molar-refractivity contribution >= 4 is 17.6 Å². The van der Waals surface area contributed by atoms with Crippen LogP contribution in [0.25, 0.3) is 11.3 Å². The molecule has 5 heteroatoms. The van der Waals surface area contributed by atoms with E-state index in [4.69, 9.17) is 16.3 Å². The summed E-state index contributed by atoms with van der Waals surface area (Å²) < 4.78 is 6.54. The summed E-state index contributed by atoms with van der Waals surface area (Å²) in [5.74, 6) is -0.458. The van der Waals surface area contributed by atoms with Gasteiger partial charge in [-0.15, -0.1) is 0 Å². The molecule has 0 saturated heterocycles. The zero-order valence-electron chi connectivity index (χ0n) is 12.6. The summed E-state index contributed by atoms with van der Waals surface area (Å²) in [5, 5.41) is 5.05. The van der Waals surface area contributed by atoms with Gasteiger partial charge in [-0.3, -0.25) is 4.68 Å². The zero-order valence-corrected chi connectivity index (χ0v) is 13.3. The number of carbonyl (C=O) groups is 1. The molecule has 0 atom stereocenters. The maximum absolute atomic E-state index is 11.8. The van der Waals surface area contributed by atoms with E-state index in [9.17, 15) is 4.79 Å². The molecule has 23 heavy (non-hydrogen) atoms. The molecule has 2 aromatic carbocycles. The number of nitrogens with zero attached hydrogens (tertiary/aromatic N) is 2. The van der Waals surface area contributed by atoms with Crippen LogP contribution in [0, 0.1) is 0 Å². The first-order chi connectivity index (χ1) is 11.2. The molecule has 1 aromatic heterocycles. The number of halogens is 1. The van der Waals surface area contributed by atoms with Gasteiger partial charge in [0, 0.05) is 5.02 Å². The van der Waals surface area contributed by atoms with Crippen LogP contribution in [-0.2, 0) is 11.3 Å². The van der Waals surface area contributed by atoms with Crippen LogP contribution in [0.1, 0.15) is 16.1 Å². The Kier molecular flexibility index (Phi) is 4.44. The van der Waals surface area contributed by atoms with Gasteiger partial charge < -0.3 is 4.74 Å². The predicted molar refractivity (Wildman–Crippen MR) is 89.6 cm³/mol. The monoisotopic (exact) mass is 326 g/mol. The van der Waals surface area contributed by atoms with Gasteiger partial charge in [0.1, 0.15) is 0 Å². The average Bonchev–Trinajstić information content (AvgIpc) is 3.01. The van der Waals surface area contributed by atoms with Gasteiger partial charge >= 0.3 is 5.97 Å². The van der Waals surface area contributed by atoms with Crippen molar-refractivity contribution < 1.29 is 9.53 Å². The molecule has 4 nitrogen and oxygen atoms in total. The number of aromatic nitrogens is 2. The lowest BCUT2D eigenvalue weighted by Gasteiger charge is -2.09. The van der Waals surface area contributed by atoms with E-state index in [-0.39, 0.29) is 5.69 Å². The van der Waals surface area contributed by atoms with Gasteiger partial charge in [-0.05, 0) is 23.3 Å². The minimum absolute atomic E-state index is 0.276. The Morgan fingerprint density at radius 1 is 1.13 bits per heavy atom. The summed E-state index contributed by atoms with van der Waals surface area (Å²) in [6.45, 7) is 0.473. The van der Waals surface area contributed by atoms with Crippen LogP contribution in [0.15, 0.2) is 60.7 Å². The highest BCUT2D eigenvalue weighted by Crippen LogP contribution is 2.24. The molecule has 0 unspecified atom stereocenters. The van der Waals surface area contributed by atoms with Crippen molar-refractivity contribution in [2.45, 2.75) is 6.54 Å². The summed E-state index contributed by atoms with van der Waals surface area (Å²) in [6.07, 6.45) is 0. The predicted octanol–water partition coefficient (Wildman–Crippen LogP) is 4.04. The van der Waals surface area contributed by atoms with Gasteiger partial charge in [0.25, 0.3) is 0 Å². The van der Waals surface area contributed by atoms with Crippen LogP contribution in [0.5, 0.6) is 0 Å². The molecule has 0 aliphatic carbocycles. The van der Waals surface area contributed by atoms with Gasteiger partial charge in [-0.1, -0.05) is 60.1 Å². The van der Waals surface area contributed by atoms with Crippen LogP contribution < -0.4 is 0 Å². The quantitative estimate of drug-likeness (QED) is 0.680. The molecule has 3 aromatic rings. The topological polar surface area (TPSA) is 44.1 Å². The third kappa shape index (κ3) is 3.27. The van der Waals surface area contributed by atoms with Crippen molar-refractivity contribution in [3.63, 3.8) is 0 Å². The average molecular weight is 327 g/mol. The van der Waals surface area contributed by atoms with E-state index >= 15 is 0 Å². The summed E-state index contributed by atoms with van der Waals surface area (Å²) in [5.41, 5.74) is 3.03. The molecular weight excluding hydrogens is 312 g/mol. The van der Waals surface area contributed by atoms with E-state index < -0.39 is 5.97 Å². The van der Waals surface area contributed by atoms with Crippen molar-refractivity contribution in [2.24, 2.45) is 0 Å². The number of methoxy groups -OCH3 is 1. The number of hydrogen-bond acceptors (Lipinski definition) is 3. The van der Waals surface area contributed by atoms with Crippen LogP contribution in [0.4, 0.5) is 0 Å². The van der Waals surface area contributed by atoms with Gasteiger partial charge in [-0.25, -0.2) is 4.79 Å². The van der Waals surface area contributed by atoms with E-state index in [1.165, 1.54) is 7.11 Å². The molecule has 0 bridgehead atoms. The molecular formula is C18H15ClN2O2. The van der Waals surface area contributed by atoms with E-state index in [2.05, 4.69) is 5.10 Å². The van der Waals surface area contributed by atoms with E-state index in [1.54, 1.807) is 10.7 Å². The summed E-state index contributed by atoms with van der Waals surface area (Å²) >= 11 is 6.24. The van der Waals surface area contributed by atoms with Crippen molar-refractivity contribution in [3.8, 4) is 11.3 Å². The highest BCUT2D eigenvalue weighted by molar-refractivity contribution is 6.31. The lowest BCUT2D eigenvalue weighted by Crippen LogP contribution is -2.07. The number of benzene rings is 2. The minimum atomic E-state index is -0.458. The summed E-state index contributed by atoms with van der Waals surface area (Å²) in [4.78, 5) is 11.8. The maximum Gasteiger partial charge on any atom is 0.358 e. The van der Waals surface area contributed by atoms with E-state index in [1.807, 2.05) is 54.6 Å². The first-order valence-corrected chi connectivity index (χ1v) is 7.52. The summed E-state index contributed by atoms with van der Waals surface area (Å²) in [7, 11) is 1.34. The van der Waals surface area contributed by atoms with Gasteiger partial charge in [0.05, 0.1) is 19.3 Å². The minimum Gasteiger partial charge on any atom is -0.464 e. The lowest BCUT2D eigenvalue weighted by molar-refractivity contribution is 0.0593. The fourth-order valence-corrected chi connectivity index (χ4v) is 2.57. The molecule has 0 fully saturated rings. The fraction of sp³-hybridized carbons (Fsp3) is 0.111. The highest BCUT2D eigenvalue weighted by Gasteiger charge is 2.16. The number of ether oxygens (including phenoxy) is 1. The number of hydrogen-bond donors (Lipinski definition) is 0. The third-order valence-electron chi connectivity index (χ3n) is 3.52. The molecule has 0 radical (unpaired) electrons. The number of esters is 1. The number of rotatable bonds is 4. The maximum atomic E-state index is 11.8. The summed E-state index contributed by atoms with van der Waals surface area (Å²) in [6, 6.07) is 19.1. The Morgan fingerprint density at radius 3 is 2.52 bits per heavy atom. The third-order valence-corrected chi connectivity index (χ3v) is 3.89. The van der Waals surface area contributed by atoms with Gasteiger partial charge in [-0.2, -0.15) is 5.10 Å². The van der Waals surface area contributed by atoms with Crippen molar-refractivity contribution in [1.82, 2.24) is 9.78 Å². The van der Waals surface area contributed by atoms with Crippen molar-refractivity contribution in [3.05, 3.63) is 76.9 Å². The zero-order chi connectivity index (χ0) is 16.2. The van der Waals surface area contributed by atoms with Gasteiger partial charge in [0.15, 0.2) is 5.69 Å². The van der Waals surface area contributed by atoms with E-state index in [0.29, 0.717) is 11.6 Å². The molecule has 0 amide bonds. The molecule has 0 spiro atoms. The van der Waals surface area contributed by atoms with Crippen LogP contribution >= 0.6 is 11.6 Å². The van der Waals surface area contributed by atoms with Crippen molar-refractivity contribution in [2.75, 3.05) is 7.11 Å². The molecule has 0 saturated carbocycles. The van der Waals surface area contributed by atoms with Crippen LogP contribution in [0.2, 0.25) is 5.02 Å². The Labute approximate surface area is 139 Å². The Morgan fingerprint density at radius 2 is 1.83 bits per heavy atom. The molecule has 0 aliphatic rings. The normalized spacial score (nSPS) is 10.5. The second-order valence-corrected chi connectivity index (χ2v) is 5.43. The van der Waals surface area contributed by atoms with E-state index in [0.717, 1.165) is 16.8 Å². The smallest absolute Gasteiger partial charge is 0.358 e. The SMILES string of the molecule is COC(=O)c1cc(-c2ccccc2)n(Cc2ccccc2Cl)n1. The highest BCUT2D eigenvalue weighted by atomic mass is 35.5. The first-order valence-electron chi connectivity index (χ1n) is 7.14. The van der Waals surface area contributed by atoms with Crippen LogP contribution in [-0.4, -0.2) is 22.9 Å². The molecule has 0 aliphatic heterocycles. The van der Waals surface area contributed by atoms with Gasteiger partial charge in [0.2, 0.25) is 0 Å². The molecule has 3 rings (SSSR count). The van der Waals surface area contributed by atoms with Crippen LogP contribution in [0.3, 0.4) is 0 Å². The largest absolute Gasteiger partial charge is 0.464 e. The second-order valence-electron chi connectivity index (χ2n) is 5.02. The molecule has 1 heterocycles. The Hall–Kier alpha value is -2.59. The molecule has 0 N–H and O–H groups in total. The number of carbonyl (C=O) groups excluding carboxylic acids is 1. The second kappa shape index (κ2) is 6.67. The Balaban J connectivity index is 2.06.